The fraction of sp³-hybridized carbons (Fsp3) is 0.769. The molecule has 0 saturated carbocycles. The highest BCUT2D eigenvalue weighted by Crippen LogP contribution is 2.13. The first kappa shape index (κ1) is 13.2. The number of carbonyl (C=O) groups excluding carboxylic acids is 1. The summed E-state index contributed by atoms with van der Waals surface area (Å²) in [6.07, 6.45) is 8.96. The van der Waals surface area contributed by atoms with Crippen LogP contribution in [-0.4, -0.2) is 25.2 Å². The predicted molar refractivity (Wildman–Crippen MR) is 65.2 cm³/mol. The molecule has 1 aliphatic rings. The van der Waals surface area contributed by atoms with Crippen LogP contribution in [0.25, 0.3) is 0 Å². The van der Waals surface area contributed by atoms with E-state index < -0.39 is 0 Å². The standard InChI is InChI=1S/C13H23NO2/c1-10(13(15)16-3)9-11(2)14-12-7-5-4-6-8-12/h5,7,10-12,14H,4,6,8-9H2,1-3H3. The van der Waals surface area contributed by atoms with Gasteiger partial charge in [0.25, 0.3) is 0 Å². The molecule has 16 heavy (non-hydrogen) atoms. The van der Waals surface area contributed by atoms with Crippen molar-refractivity contribution in [1.29, 1.82) is 0 Å². The molecule has 0 heterocycles. The average Bonchev–Trinajstić information content (AvgIpc) is 2.29. The van der Waals surface area contributed by atoms with E-state index in [0.717, 1.165) is 6.42 Å². The van der Waals surface area contributed by atoms with E-state index in [1.807, 2.05) is 6.92 Å². The van der Waals surface area contributed by atoms with Gasteiger partial charge in [0.1, 0.15) is 0 Å². The Morgan fingerprint density at radius 3 is 2.88 bits per heavy atom. The number of hydrogen-bond acceptors (Lipinski definition) is 3. The van der Waals surface area contributed by atoms with E-state index in [0.29, 0.717) is 12.1 Å². The normalized spacial score (nSPS) is 23.8. The largest absolute Gasteiger partial charge is 0.469 e. The van der Waals surface area contributed by atoms with Gasteiger partial charge in [-0.25, -0.2) is 0 Å². The summed E-state index contributed by atoms with van der Waals surface area (Å²) < 4.78 is 4.72. The van der Waals surface area contributed by atoms with Gasteiger partial charge in [0.15, 0.2) is 0 Å². The molecule has 0 fully saturated rings. The lowest BCUT2D eigenvalue weighted by Crippen LogP contribution is -2.37. The van der Waals surface area contributed by atoms with Gasteiger partial charge in [-0.1, -0.05) is 19.1 Å². The number of hydrogen-bond donors (Lipinski definition) is 1. The summed E-state index contributed by atoms with van der Waals surface area (Å²) in [6.45, 7) is 4.04. The molecule has 0 saturated heterocycles. The Hall–Kier alpha value is -0.830. The Bertz CT molecular complexity index is 250. The molecule has 1 rings (SSSR count). The van der Waals surface area contributed by atoms with Crippen LogP contribution in [0.2, 0.25) is 0 Å². The Labute approximate surface area is 98.2 Å². The van der Waals surface area contributed by atoms with Crippen molar-refractivity contribution in [3.05, 3.63) is 12.2 Å². The summed E-state index contributed by atoms with van der Waals surface area (Å²) in [5.74, 6) is -0.145. The molecule has 0 aromatic rings. The van der Waals surface area contributed by atoms with Crippen LogP contribution in [-0.2, 0) is 9.53 Å². The summed E-state index contributed by atoms with van der Waals surface area (Å²) in [5, 5.41) is 3.53. The number of nitrogens with one attached hydrogen (secondary N) is 1. The molecule has 92 valence electrons. The molecule has 0 aromatic carbocycles. The van der Waals surface area contributed by atoms with Gasteiger partial charge in [-0.2, -0.15) is 0 Å². The molecule has 3 nitrogen and oxygen atoms in total. The smallest absolute Gasteiger partial charge is 0.308 e. The van der Waals surface area contributed by atoms with Crippen LogP contribution in [0.1, 0.15) is 39.5 Å². The zero-order valence-corrected chi connectivity index (χ0v) is 10.5. The van der Waals surface area contributed by atoms with E-state index in [1.165, 1.54) is 26.4 Å². The molecule has 0 amide bonds. The van der Waals surface area contributed by atoms with Crippen molar-refractivity contribution in [3.8, 4) is 0 Å². The van der Waals surface area contributed by atoms with Gasteiger partial charge in [-0.3, -0.25) is 4.79 Å². The molecule has 3 unspecified atom stereocenters. The van der Waals surface area contributed by atoms with Crippen molar-refractivity contribution in [3.63, 3.8) is 0 Å². The maximum atomic E-state index is 11.3. The highest BCUT2D eigenvalue weighted by atomic mass is 16.5. The van der Waals surface area contributed by atoms with Crippen molar-refractivity contribution < 1.29 is 9.53 Å². The van der Waals surface area contributed by atoms with Crippen molar-refractivity contribution in [2.75, 3.05) is 7.11 Å². The summed E-state index contributed by atoms with van der Waals surface area (Å²) in [6, 6.07) is 0.829. The van der Waals surface area contributed by atoms with Gasteiger partial charge in [-0.15, -0.1) is 0 Å². The SMILES string of the molecule is COC(=O)C(C)CC(C)NC1C=CCCC1. The minimum absolute atomic E-state index is 0.0277. The third-order valence-electron chi connectivity index (χ3n) is 3.06. The van der Waals surface area contributed by atoms with Gasteiger partial charge in [-0.05, 0) is 32.6 Å². The number of allylic oxidation sites excluding steroid dienone is 1. The van der Waals surface area contributed by atoms with Gasteiger partial charge in [0.2, 0.25) is 0 Å². The van der Waals surface area contributed by atoms with Crippen LogP contribution in [0.15, 0.2) is 12.2 Å². The summed E-state index contributed by atoms with van der Waals surface area (Å²) in [4.78, 5) is 11.3. The first-order chi connectivity index (χ1) is 7.63. The number of esters is 1. The topological polar surface area (TPSA) is 38.3 Å². The molecule has 0 radical (unpaired) electrons. The van der Waals surface area contributed by atoms with E-state index in [1.54, 1.807) is 0 Å². The highest BCUT2D eigenvalue weighted by molar-refractivity contribution is 5.71. The van der Waals surface area contributed by atoms with Crippen molar-refractivity contribution >= 4 is 5.97 Å². The Kier molecular flexibility index (Phi) is 5.53. The number of ether oxygens (including phenoxy) is 1. The maximum Gasteiger partial charge on any atom is 0.308 e. The lowest BCUT2D eigenvalue weighted by atomic mass is 9.99. The first-order valence-corrected chi connectivity index (χ1v) is 6.14. The second kappa shape index (κ2) is 6.69. The van der Waals surface area contributed by atoms with Crippen LogP contribution in [0.5, 0.6) is 0 Å². The number of carbonyl (C=O) groups is 1. The average molecular weight is 225 g/mol. The minimum atomic E-state index is -0.118. The Morgan fingerprint density at radius 1 is 1.56 bits per heavy atom. The van der Waals surface area contributed by atoms with Crippen molar-refractivity contribution in [1.82, 2.24) is 5.32 Å². The third kappa shape index (κ3) is 4.35. The van der Waals surface area contributed by atoms with Crippen LogP contribution in [0, 0.1) is 5.92 Å². The number of rotatable bonds is 5. The second-order valence-corrected chi connectivity index (χ2v) is 4.69. The number of methoxy groups -OCH3 is 1. The maximum absolute atomic E-state index is 11.3. The monoisotopic (exact) mass is 225 g/mol. The van der Waals surface area contributed by atoms with Crippen LogP contribution >= 0.6 is 0 Å². The summed E-state index contributed by atoms with van der Waals surface area (Å²) >= 11 is 0. The van der Waals surface area contributed by atoms with Crippen LogP contribution < -0.4 is 5.32 Å². The van der Waals surface area contributed by atoms with Crippen molar-refractivity contribution in [2.45, 2.75) is 51.6 Å². The zero-order chi connectivity index (χ0) is 12.0. The molecule has 3 heteroatoms. The van der Waals surface area contributed by atoms with Crippen LogP contribution in [0.4, 0.5) is 0 Å². The van der Waals surface area contributed by atoms with Crippen LogP contribution in [0.3, 0.4) is 0 Å². The Balaban J connectivity index is 2.29. The minimum Gasteiger partial charge on any atom is -0.469 e. The first-order valence-electron chi connectivity index (χ1n) is 6.14. The third-order valence-corrected chi connectivity index (χ3v) is 3.06. The molecule has 0 bridgehead atoms. The van der Waals surface area contributed by atoms with E-state index in [4.69, 9.17) is 4.74 Å². The quantitative estimate of drug-likeness (QED) is 0.576. The molecule has 3 atom stereocenters. The van der Waals surface area contributed by atoms with E-state index >= 15 is 0 Å². The van der Waals surface area contributed by atoms with Gasteiger partial charge in [0.05, 0.1) is 13.0 Å². The molecule has 0 aromatic heterocycles. The molecular formula is C13H23NO2. The molecule has 0 spiro atoms. The molecule has 1 N–H and O–H groups in total. The summed E-state index contributed by atoms with van der Waals surface area (Å²) in [5.41, 5.74) is 0. The van der Waals surface area contributed by atoms with E-state index in [2.05, 4.69) is 24.4 Å². The van der Waals surface area contributed by atoms with Crippen molar-refractivity contribution in [2.24, 2.45) is 5.92 Å². The fourth-order valence-corrected chi connectivity index (χ4v) is 2.21. The zero-order valence-electron chi connectivity index (χ0n) is 10.5. The highest BCUT2D eigenvalue weighted by Gasteiger charge is 2.18. The molecular weight excluding hydrogens is 202 g/mol. The molecule has 0 aliphatic heterocycles. The van der Waals surface area contributed by atoms with Gasteiger partial charge in [0, 0.05) is 12.1 Å². The van der Waals surface area contributed by atoms with Gasteiger partial charge >= 0.3 is 5.97 Å². The lowest BCUT2D eigenvalue weighted by molar-refractivity contribution is -0.145. The summed E-state index contributed by atoms with van der Waals surface area (Å²) in [7, 11) is 1.45. The van der Waals surface area contributed by atoms with E-state index in [-0.39, 0.29) is 11.9 Å². The molecule has 1 aliphatic carbocycles. The van der Waals surface area contributed by atoms with Gasteiger partial charge < -0.3 is 10.1 Å². The second-order valence-electron chi connectivity index (χ2n) is 4.69. The lowest BCUT2D eigenvalue weighted by Gasteiger charge is -2.24. The fourth-order valence-electron chi connectivity index (χ4n) is 2.21. The predicted octanol–water partition coefficient (Wildman–Crippen LogP) is 2.27. The van der Waals surface area contributed by atoms with E-state index in [9.17, 15) is 4.79 Å². The Morgan fingerprint density at radius 2 is 2.31 bits per heavy atom.